The Hall–Kier alpha value is -2.43. The summed E-state index contributed by atoms with van der Waals surface area (Å²) in [5, 5.41) is 13.7. The van der Waals surface area contributed by atoms with Crippen LogP contribution in [0.4, 0.5) is 11.5 Å². The van der Waals surface area contributed by atoms with Crippen molar-refractivity contribution in [3.63, 3.8) is 0 Å². The molecule has 0 aliphatic carbocycles. The van der Waals surface area contributed by atoms with E-state index in [4.69, 9.17) is 0 Å². The van der Waals surface area contributed by atoms with Crippen LogP contribution in [0.15, 0.2) is 42.6 Å². The van der Waals surface area contributed by atoms with Crippen LogP contribution in [-0.2, 0) is 0 Å². The molecule has 1 atom stereocenters. The van der Waals surface area contributed by atoms with E-state index in [1.807, 2.05) is 13.8 Å². The van der Waals surface area contributed by atoms with Crippen molar-refractivity contribution >= 4 is 11.5 Å². The zero-order valence-electron chi connectivity index (χ0n) is 10.8. The van der Waals surface area contributed by atoms with E-state index in [1.165, 1.54) is 17.8 Å². The normalized spacial score (nSPS) is 11.9. The Morgan fingerprint density at radius 2 is 1.89 bits per heavy atom. The highest BCUT2D eigenvalue weighted by Crippen LogP contribution is 2.19. The highest BCUT2D eigenvalue weighted by molar-refractivity contribution is 5.42. The first-order valence-electron chi connectivity index (χ1n) is 6.00. The van der Waals surface area contributed by atoms with Gasteiger partial charge in [-0.05, 0) is 25.5 Å². The number of pyridine rings is 1. The molecule has 1 N–H and O–H groups in total. The number of rotatable bonds is 4. The molecule has 5 heteroatoms. The molecule has 0 radical (unpaired) electrons. The minimum absolute atomic E-state index is 0.00598. The molecule has 0 aliphatic heterocycles. The average molecular weight is 257 g/mol. The second-order valence-corrected chi connectivity index (χ2v) is 4.44. The van der Waals surface area contributed by atoms with E-state index in [9.17, 15) is 10.1 Å². The molecule has 0 fully saturated rings. The Labute approximate surface area is 111 Å². The number of aromatic nitrogens is 1. The molecule has 19 heavy (non-hydrogen) atoms. The van der Waals surface area contributed by atoms with Gasteiger partial charge in [0.05, 0.1) is 4.92 Å². The minimum atomic E-state index is -0.458. The second-order valence-electron chi connectivity index (χ2n) is 4.44. The van der Waals surface area contributed by atoms with Crippen molar-refractivity contribution in [2.75, 3.05) is 5.32 Å². The first kappa shape index (κ1) is 13.0. The number of hydrogen-bond donors (Lipinski definition) is 1. The van der Waals surface area contributed by atoms with Gasteiger partial charge in [-0.1, -0.05) is 29.8 Å². The Bertz CT molecular complexity index is 564. The van der Waals surface area contributed by atoms with Crippen LogP contribution in [-0.4, -0.2) is 9.91 Å². The minimum Gasteiger partial charge on any atom is -0.364 e. The van der Waals surface area contributed by atoms with Crippen LogP contribution >= 0.6 is 0 Å². The lowest BCUT2D eigenvalue weighted by Gasteiger charge is -2.14. The Kier molecular flexibility index (Phi) is 3.75. The van der Waals surface area contributed by atoms with Gasteiger partial charge in [-0.3, -0.25) is 10.1 Å². The van der Waals surface area contributed by atoms with Gasteiger partial charge in [0.25, 0.3) is 5.69 Å². The molecule has 2 aromatic rings. The van der Waals surface area contributed by atoms with Crippen LogP contribution in [0, 0.1) is 17.0 Å². The summed E-state index contributed by atoms with van der Waals surface area (Å²) in [6, 6.07) is 11.4. The molecular formula is C14H15N3O2. The summed E-state index contributed by atoms with van der Waals surface area (Å²) in [5.41, 5.74) is 2.35. The SMILES string of the molecule is Cc1ccc([C@@H](C)Nc2ccc([N+](=O)[O-])cn2)cc1. The van der Waals surface area contributed by atoms with Crippen LogP contribution in [0.5, 0.6) is 0 Å². The van der Waals surface area contributed by atoms with Crippen molar-refractivity contribution in [1.29, 1.82) is 0 Å². The van der Waals surface area contributed by atoms with Gasteiger partial charge in [-0.15, -0.1) is 0 Å². The molecule has 5 nitrogen and oxygen atoms in total. The van der Waals surface area contributed by atoms with Gasteiger partial charge in [-0.2, -0.15) is 0 Å². The number of aryl methyl sites for hydroxylation is 1. The largest absolute Gasteiger partial charge is 0.364 e. The third-order valence-electron chi connectivity index (χ3n) is 2.90. The molecule has 0 spiro atoms. The summed E-state index contributed by atoms with van der Waals surface area (Å²) in [7, 11) is 0. The van der Waals surface area contributed by atoms with Crippen LogP contribution in [0.3, 0.4) is 0 Å². The number of nitrogens with one attached hydrogen (secondary N) is 1. The predicted octanol–water partition coefficient (Wildman–Crippen LogP) is 3.47. The Morgan fingerprint density at radius 3 is 2.42 bits per heavy atom. The fourth-order valence-corrected chi connectivity index (χ4v) is 1.74. The number of nitrogens with zero attached hydrogens (tertiary/aromatic N) is 2. The molecule has 1 aromatic heterocycles. The van der Waals surface area contributed by atoms with Crippen molar-refractivity contribution in [3.05, 3.63) is 63.8 Å². The van der Waals surface area contributed by atoms with Crippen LogP contribution in [0.2, 0.25) is 0 Å². The number of benzene rings is 1. The van der Waals surface area contributed by atoms with E-state index in [0.29, 0.717) is 5.82 Å². The van der Waals surface area contributed by atoms with Crippen molar-refractivity contribution in [1.82, 2.24) is 4.98 Å². The maximum atomic E-state index is 10.5. The zero-order valence-corrected chi connectivity index (χ0v) is 10.8. The van der Waals surface area contributed by atoms with Crippen molar-refractivity contribution < 1.29 is 4.92 Å². The monoisotopic (exact) mass is 257 g/mol. The van der Waals surface area contributed by atoms with Crippen molar-refractivity contribution in [2.45, 2.75) is 19.9 Å². The van der Waals surface area contributed by atoms with E-state index in [0.717, 1.165) is 5.56 Å². The molecule has 0 aliphatic rings. The summed E-state index contributed by atoms with van der Waals surface area (Å²) in [6.45, 7) is 4.06. The Balaban J connectivity index is 2.08. The van der Waals surface area contributed by atoms with Gasteiger partial charge in [-0.25, -0.2) is 4.98 Å². The predicted molar refractivity (Wildman–Crippen MR) is 74.1 cm³/mol. The molecule has 1 aromatic carbocycles. The average Bonchev–Trinajstić information content (AvgIpc) is 2.40. The summed E-state index contributed by atoms with van der Waals surface area (Å²) >= 11 is 0. The van der Waals surface area contributed by atoms with E-state index in [1.54, 1.807) is 6.07 Å². The third-order valence-corrected chi connectivity index (χ3v) is 2.90. The number of nitro groups is 1. The molecule has 1 heterocycles. The van der Waals surface area contributed by atoms with E-state index < -0.39 is 4.92 Å². The van der Waals surface area contributed by atoms with Crippen LogP contribution in [0.25, 0.3) is 0 Å². The lowest BCUT2D eigenvalue weighted by molar-refractivity contribution is -0.385. The fourth-order valence-electron chi connectivity index (χ4n) is 1.74. The lowest BCUT2D eigenvalue weighted by Crippen LogP contribution is -2.07. The van der Waals surface area contributed by atoms with Crippen molar-refractivity contribution in [3.8, 4) is 0 Å². The molecule has 0 unspecified atom stereocenters. The number of hydrogen-bond acceptors (Lipinski definition) is 4. The quantitative estimate of drug-likeness (QED) is 0.672. The molecule has 0 saturated carbocycles. The van der Waals surface area contributed by atoms with Crippen molar-refractivity contribution in [2.24, 2.45) is 0 Å². The number of anilines is 1. The van der Waals surface area contributed by atoms with Crippen LogP contribution in [0.1, 0.15) is 24.1 Å². The van der Waals surface area contributed by atoms with Gasteiger partial charge in [0.1, 0.15) is 12.0 Å². The lowest BCUT2D eigenvalue weighted by atomic mass is 10.1. The molecular weight excluding hydrogens is 242 g/mol. The summed E-state index contributed by atoms with van der Waals surface area (Å²) < 4.78 is 0. The fraction of sp³-hybridized carbons (Fsp3) is 0.214. The zero-order chi connectivity index (χ0) is 13.8. The van der Waals surface area contributed by atoms with E-state index in [2.05, 4.69) is 34.6 Å². The molecule has 0 bridgehead atoms. The summed E-state index contributed by atoms with van der Waals surface area (Å²) in [4.78, 5) is 14.1. The maximum Gasteiger partial charge on any atom is 0.287 e. The first-order valence-corrected chi connectivity index (χ1v) is 6.00. The van der Waals surface area contributed by atoms with Gasteiger partial charge in [0.2, 0.25) is 0 Å². The third kappa shape index (κ3) is 3.28. The van der Waals surface area contributed by atoms with Gasteiger partial charge in [0, 0.05) is 12.1 Å². The van der Waals surface area contributed by atoms with E-state index in [-0.39, 0.29) is 11.7 Å². The van der Waals surface area contributed by atoms with E-state index >= 15 is 0 Å². The highest BCUT2D eigenvalue weighted by Gasteiger charge is 2.08. The van der Waals surface area contributed by atoms with Gasteiger partial charge >= 0.3 is 0 Å². The first-order chi connectivity index (χ1) is 9.06. The smallest absolute Gasteiger partial charge is 0.287 e. The Morgan fingerprint density at radius 1 is 1.21 bits per heavy atom. The molecule has 0 saturated heterocycles. The summed E-state index contributed by atoms with van der Waals surface area (Å²) in [5.74, 6) is 0.624. The highest BCUT2D eigenvalue weighted by atomic mass is 16.6. The molecule has 98 valence electrons. The molecule has 0 amide bonds. The molecule has 2 rings (SSSR count). The topological polar surface area (TPSA) is 68.1 Å². The van der Waals surface area contributed by atoms with Crippen LogP contribution < -0.4 is 5.32 Å². The van der Waals surface area contributed by atoms with Gasteiger partial charge in [0.15, 0.2) is 0 Å². The maximum absolute atomic E-state index is 10.5. The second kappa shape index (κ2) is 5.48. The van der Waals surface area contributed by atoms with Gasteiger partial charge < -0.3 is 5.32 Å². The summed E-state index contributed by atoms with van der Waals surface area (Å²) in [6.07, 6.45) is 1.25. The standard InChI is InChI=1S/C14H15N3O2/c1-10-3-5-12(6-4-10)11(2)16-14-8-7-13(9-15-14)17(18)19/h3-9,11H,1-2H3,(H,15,16)/t11-/m1/s1.